The lowest BCUT2D eigenvalue weighted by molar-refractivity contribution is -0.108. The molecule has 14 heavy (non-hydrogen) atoms. The molecule has 1 aliphatic carbocycles. The summed E-state index contributed by atoms with van der Waals surface area (Å²) in [4.78, 5) is 10.7. The predicted molar refractivity (Wildman–Crippen MR) is 48.4 cm³/mol. The van der Waals surface area contributed by atoms with E-state index >= 15 is 0 Å². The van der Waals surface area contributed by atoms with Gasteiger partial charge in [0.1, 0.15) is 6.29 Å². The van der Waals surface area contributed by atoms with Gasteiger partial charge in [-0.1, -0.05) is 0 Å². The topological polar surface area (TPSA) is 66.8 Å². The van der Waals surface area contributed by atoms with Gasteiger partial charge in [-0.2, -0.15) is 0 Å². The lowest BCUT2D eigenvalue weighted by atomic mass is 9.99. The van der Waals surface area contributed by atoms with Crippen LogP contribution in [0.4, 0.5) is 0 Å². The molecule has 1 heterocycles. The van der Waals surface area contributed by atoms with Gasteiger partial charge in [0.2, 0.25) is 0 Å². The normalized spacial score (nSPS) is 32.2. The first-order valence-corrected chi connectivity index (χ1v) is 4.51. The van der Waals surface area contributed by atoms with Gasteiger partial charge in [-0.3, -0.25) is 4.79 Å². The maximum Gasteiger partial charge on any atom is 0.181 e. The summed E-state index contributed by atoms with van der Waals surface area (Å²) < 4.78 is 5.01. The first-order valence-electron chi connectivity index (χ1n) is 4.51. The van der Waals surface area contributed by atoms with Crippen molar-refractivity contribution in [1.82, 2.24) is 0 Å². The fraction of sp³-hybridized carbons (Fsp3) is 0.500. The number of aldehydes is 1. The van der Waals surface area contributed by atoms with Crippen LogP contribution in [0.25, 0.3) is 0 Å². The molecule has 0 aromatic carbocycles. The maximum atomic E-state index is 10.7. The van der Waals surface area contributed by atoms with Gasteiger partial charge in [0.15, 0.2) is 6.29 Å². The summed E-state index contributed by atoms with van der Waals surface area (Å²) in [6.07, 6.45) is -0.445. The van der Waals surface area contributed by atoms with E-state index in [2.05, 4.69) is 0 Å². The summed E-state index contributed by atoms with van der Waals surface area (Å²) in [5.74, 6) is 0. The van der Waals surface area contributed by atoms with Gasteiger partial charge in [0, 0.05) is 17.6 Å². The Morgan fingerprint density at radius 2 is 2.21 bits per heavy atom. The number of fused-ring (bicyclic) bond motifs is 1. The largest absolute Gasteiger partial charge is 0.388 e. The van der Waals surface area contributed by atoms with E-state index in [9.17, 15) is 15.0 Å². The molecule has 1 unspecified atom stereocenters. The van der Waals surface area contributed by atoms with Crippen LogP contribution >= 0.6 is 0 Å². The molecule has 0 amide bonds. The van der Waals surface area contributed by atoms with Crippen molar-refractivity contribution in [3.05, 3.63) is 22.3 Å². The molecule has 4 heteroatoms. The Morgan fingerprint density at radius 3 is 2.86 bits per heavy atom. The van der Waals surface area contributed by atoms with Crippen molar-refractivity contribution in [2.45, 2.75) is 25.7 Å². The zero-order valence-electron chi connectivity index (χ0n) is 7.86. The molecule has 76 valence electrons. The molecule has 0 radical (unpaired) electrons. The van der Waals surface area contributed by atoms with Gasteiger partial charge < -0.3 is 14.9 Å². The Bertz CT molecular complexity index is 340. The quantitative estimate of drug-likeness (QED) is 0.575. The minimum Gasteiger partial charge on any atom is -0.388 e. The Kier molecular flexibility index (Phi) is 2.26. The smallest absolute Gasteiger partial charge is 0.181 e. The van der Waals surface area contributed by atoms with Crippen molar-refractivity contribution in [2.75, 3.05) is 6.61 Å². The molecule has 2 rings (SSSR count). The van der Waals surface area contributed by atoms with Crippen LogP contribution in [0.15, 0.2) is 22.3 Å². The van der Waals surface area contributed by atoms with E-state index in [0.717, 1.165) is 11.9 Å². The number of aliphatic hydroxyl groups is 2. The predicted octanol–water partition coefficient (Wildman–Crippen LogP) is -0.0884. The Hall–Kier alpha value is -0.970. The average molecular weight is 196 g/mol. The minimum absolute atomic E-state index is 0.128. The Balaban J connectivity index is 2.52. The highest BCUT2D eigenvalue weighted by Gasteiger charge is 2.34. The molecule has 0 aromatic rings. The third-order valence-electron chi connectivity index (χ3n) is 2.82. The second kappa shape index (κ2) is 3.31. The molecule has 2 N–H and O–H groups in total. The van der Waals surface area contributed by atoms with Crippen molar-refractivity contribution in [1.29, 1.82) is 0 Å². The number of carbonyl (C=O) groups excluding carboxylic acids is 1. The molecule has 4 nitrogen and oxygen atoms in total. The summed E-state index contributed by atoms with van der Waals surface area (Å²) in [5, 5.41) is 19.1. The number of ether oxygens (including phenoxy) is 1. The Morgan fingerprint density at radius 1 is 1.50 bits per heavy atom. The molecular weight excluding hydrogens is 184 g/mol. The molecule has 0 bridgehead atoms. The van der Waals surface area contributed by atoms with Crippen molar-refractivity contribution >= 4 is 6.29 Å². The van der Waals surface area contributed by atoms with E-state index in [0.29, 0.717) is 23.1 Å². The van der Waals surface area contributed by atoms with Gasteiger partial charge in [-0.05, 0) is 18.1 Å². The summed E-state index contributed by atoms with van der Waals surface area (Å²) in [7, 11) is 0. The number of hydrogen-bond donors (Lipinski definition) is 2. The number of carbonyl (C=O) groups is 1. The van der Waals surface area contributed by atoms with E-state index in [-0.39, 0.29) is 6.61 Å². The van der Waals surface area contributed by atoms with Crippen molar-refractivity contribution < 1.29 is 19.7 Å². The fourth-order valence-electron chi connectivity index (χ4n) is 1.97. The summed E-state index contributed by atoms with van der Waals surface area (Å²) >= 11 is 0. The van der Waals surface area contributed by atoms with Gasteiger partial charge in [-0.25, -0.2) is 0 Å². The van der Waals surface area contributed by atoms with E-state index in [4.69, 9.17) is 4.74 Å². The average Bonchev–Trinajstić information content (AvgIpc) is 2.45. The first kappa shape index (κ1) is 9.58. The van der Waals surface area contributed by atoms with Crippen LogP contribution in [-0.4, -0.2) is 35.5 Å². The molecule has 0 saturated carbocycles. The molecule has 0 fully saturated rings. The maximum absolute atomic E-state index is 10.7. The third kappa shape index (κ3) is 1.23. The summed E-state index contributed by atoms with van der Waals surface area (Å²) in [6, 6.07) is 0. The van der Waals surface area contributed by atoms with Crippen LogP contribution in [0.2, 0.25) is 0 Å². The van der Waals surface area contributed by atoms with E-state index in [1.807, 2.05) is 0 Å². The van der Waals surface area contributed by atoms with Crippen molar-refractivity contribution in [2.24, 2.45) is 0 Å². The van der Waals surface area contributed by atoms with Crippen LogP contribution in [0.1, 0.15) is 13.3 Å². The summed E-state index contributed by atoms with van der Waals surface area (Å²) in [6.45, 7) is 1.87. The molecule has 1 aliphatic heterocycles. The van der Waals surface area contributed by atoms with Crippen LogP contribution in [0.5, 0.6) is 0 Å². The Labute approximate surface area is 81.5 Å². The summed E-state index contributed by atoms with van der Waals surface area (Å²) in [5.41, 5.74) is 2.57. The van der Waals surface area contributed by atoms with Gasteiger partial charge in [0.05, 0.1) is 12.7 Å². The molecular formula is C10H12O4. The molecule has 0 saturated heterocycles. The van der Waals surface area contributed by atoms with Crippen molar-refractivity contribution in [3.8, 4) is 0 Å². The second-order valence-corrected chi connectivity index (χ2v) is 3.60. The van der Waals surface area contributed by atoms with E-state index in [1.54, 1.807) is 6.92 Å². The van der Waals surface area contributed by atoms with Crippen LogP contribution in [0.3, 0.4) is 0 Å². The lowest BCUT2D eigenvalue weighted by Crippen LogP contribution is -2.24. The highest BCUT2D eigenvalue weighted by atomic mass is 16.6. The van der Waals surface area contributed by atoms with Crippen LogP contribution in [0, 0.1) is 0 Å². The second-order valence-electron chi connectivity index (χ2n) is 3.60. The lowest BCUT2D eigenvalue weighted by Gasteiger charge is -2.22. The SMILES string of the molecule is CC1=C2C(=C(C=O)COC2O)C[C@@H]1O. The fourth-order valence-corrected chi connectivity index (χ4v) is 1.97. The number of hydrogen-bond acceptors (Lipinski definition) is 4. The van der Waals surface area contributed by atoms with E-state index in [1.165, 1.54) is 0 Å². The zero-order valence-corrected chi connectivity index (χ0v) is 7.86. The molecule has 2 aliphatic rings. The first-order chi connectivity index (χ1) is 6.65. The van der Waals surface area contributed by atoms with Gasteiger partial charge in [0.25, 0.3) is 0 Å². The standard InChI is InChI=1S/C10H12O4/c1-5-8(12)2-7-6(3-11)4-14-10(13)9(5)7/h3,8,10,12-13H,2,4H2,1H3/t8-,10?/m0/s1. The van der Waals surface area contributed by atoms with Crippen molar-refractivity contribution in [3.63, 3.8) is 0 Å². The molecule has 2 atom stereocenters. The monoisotopic (exact) mass is 196 g/mol. The van der Waals surface area contributed by atoms with Crippen LogP contribution < -0.4 is 0 Å². The third-order valence-corrected chi connectivity index (χ3v) is 2.82. The zero-order chi connectivity index (χ0) is 10.3. The number of rotatable bonds is 1. The number of aliphatic hydroxyl groups excluding tert-OH is 2. The molecule has 0 spiro atoms. The highest BCUT2D eigenvalue weighted by molar-refractivity contribution is 5.78. The van der Waals surface area contributed by atoms with Crippen LogP contribution in [-0.2, 0) is 9.53 Å². The van der Waals surface area contributed by atoms with Gasteiger partial charge >= 0.3 is 0 Å². The molecule has 0 aromatic heterocycles. The van der Waals surface area contributed by atoms with Gasteiger partial charge in [-0.15, -0.1) is 0 Å². The highest BCUT2D eigenvalue weighted by Crippen LogP contribution is 2.38. The van der Waals surface area contributed by atoms with E-state index < -0.39 is 12.4 Å². The minimum atomic E-state index is -0.995.